The maximum Gasteiger partial charge on any atom is 4.00 e. The Hall–Kier alpha value is -3.95. The first kappa shape index (κ1) is 23.4. The van der Waals surface area contributed by atoms with Crippen molar-refractivity contribution in [3.05, 3.63) is 121 Å². The van der Waals surface area contributed by atoms with E-state index in [9.17, 15) is 0 Å². The minimum Gasteiger partial charge on any atom is -0.509 e. The molecule has 6 heteroatoms. The summed E-state index contributed by atoms with van der Waals surface area (Å²) in [6.07, 6.45) is 6.14. The smallest absolute Gasteiger partial charge is 0.509 e. The molecule has 0 saturated heterocycles. The van der Waals surface area contributed by atoms with Gasteiger partial charge in [-0.1, -0.05) is 65.8 Å². The minimum absolute atomic E-state index is 0. The normalized spacial score (nSPS) is 14.4. The molecule has 0 radical (unpaired) electrons. The summed E-state index contributed by atoms with van der Waals surface area (Å²) in [7, 11) is 2.05. The molecule has 0 atom stereocenters. The number of hydrogen-bond acceptors (Lipinski definition) is 3. The zero-order valence-electron chi connectivity index (χ0n) is 20.0. The van der Waals surface area contributed by atoms with Crippen LogP contribution in [0.25, 0.3) is 32.9 Å². The summed E-state index contributed by atoms with van der Waals surface area (Å²) in [6.45, 7) is 2.73. The van der Waals surface area contributed by atoms with Crippen molar-refractivity contribution in [2.24, 2.45) is 0 Å². The maximum atomic E-state index is 6.30. The van der Waals surface area contributed by atoms with E-state index in [2.05, 4.69) is 81.7 Å². The molecule has 0 aliphatic carbocycles. The zero-order valence-corrected chi connectivity index (χ0v) is 22.3. The number of rotatable bonds is 4. The van der Waals surface area contributed by atoms with E-state index in [1.807, 2.05) is 55.6 Å². The number of anilines is 3. The largest absolute Gasteiger partial charge is 4.00 e. The summed E-state index contributed by atoms with van der Waals surface area (Å²) >= 11 is 0. The van der Waals surface area contributed by atoms with Gasteiger partial charge in [-0.2, -0.15) is 18.8 Å². The molecule has 2 aliphatic heterocycles. The van der Waals surface area contributed by atoms with Crippen molar-refractivity contribution in [3.8, 4) is 11.5 Å². The van der Waals surface area contributed by atoms with Crippen molar-refractivity contribution in [3.63, 3.8) is 0 Å². The monoisotopic (exact) mass is 661 g/mol. The van der Waals surface area contributed by atoms with Crippen molar-refractivity contribution in [1.29, 1.82) is 0 Å². The maximum absolute atomic E-state index is 6.30. The van der Waals surface area contributed by atoms with Gasteiger partial charge in [0.25, 0.3) is 0 Å². The Balaban J connectivity index is 0.00000252. The summed E-state index contributed by atoms with van der Waals surface area (Å²) < 4.78 is 8.46. The van der Waals surface area contributed by atoms with Gasteiger partial charge in [-0.25, -0.2) is 0 Å². The molecule has 5 nitrogen and oxygen atoms in total. The second kappa shape index (κ2) is 9.49. The number of hydrogen-bond donors (Lipinski definition) is 0. The molecule has 4 aromatic carbocycles. The van der Waals surface area contributed by atoms with Gasteiger partial charge in [-0.15, -0.1) is 46.9 Å². The first-order valence-electron chi connectivity index (χ1n) is 11.9. The molecule has 182 valence electrons. The van der Waals surface area contributed by atoms with E-state index in [4.69, 9.17) is 10.1 Å². The van der Waals surface area contributed by atoms with Crippen LogP contribution in [0, 0.1) is 18.8 Å². The fourth-order valence-corrected chi connectivity index (χ4v) is 4.94. The first-order chi connectivity index (χ1) is 17.8. The summed E-state index contributed by atoms with van der Waals surface area (Å²) in [5.41, 5.74) is 5.23. The molecule has 0 spiro atoms. The van der Waals surface area contributed by atoms with Gasteiger partial charge >= 0.3 is 21.1 Å². The van der Waals surface area contributed by atoms with Crippen LogP contribution in [0.5, 0.6) is 11.5 Å². The van der Waals surface area contributed by atoms with E-state index < -0.39 is 0 Å². The van der Waals surface area contributed by atoms with Crippen LogP contribution in [0.1, 0.15) is 0 Å². The Labute approximate surface area is 230 Å². The van der Waals surface area contributed by atoms with Crippen LogP contribution in [-0.4, -0.2) is 18.2 Å². The van der Waals surface area contributed by atoms with Gasteiger partial charge in [0.2, 0.25) is 0 Å². The summed E-state index contributed by atoms with van der Waals surface area (Å²) in [5, 5.41) is 7.01. The van der Waals surface area contributed by atoms with Gasteiger partial charge in [0.05, 0.1) is 0 Å². The Bertz CT molecular complexity index is 1690. The molecule has 2 aliphatic rings. The van der Waals surface area contributed by atoms with Crippen molar-refractivity contribution in [1.82, 2.24) is 4.57 Å². The number of benzene rings is 4. The number of ether oxygens (including phenoxy) is 1. The molecule has 0 bridgehead atoms. The minimum atomic E-state index is 0. The topological polar surface area (TPSA) is 34.7 Å². The average Bonchev–Trinajstić information content (AvgIpc) is 3.44. The van der Waals surface area contributed by atoms with Crippen molar-refractivity contribution in [2.45, 2.75) is 0 Å². The molecular formula is C31H22N4OPt. The van der Waals surface area contributed by atoms with Gasteiger partial charge in [-0.05, 0) is 31.2 Å². The Morgan fingerprint density at radius 3 is 2.51 bits per heavy atom. The van der Waals surface area contributed by atoms with Crippen molar-refractivity contribution < 1.29 is 25.8 Å². The first-order valence-corrected chi connectivity index (χ1v) is 11.9. The molecule has 7 rings (SSSR count). The van der Waals surface area contributed by atoms with E-state index >= 15 is 0 Å². The fraction of sp³-hybridized carbons (Fsp3) is 0.0645. The van der Waals surface area contributed by atoms with E-state index in [-0.39, 0.29) is 21.1 Å². The molecular weight excluding hydrogens is 639 g/mol. The second-order valence-corrected chi connectivity index (χ2v) is 8.82. The van der Waals surface area contributed by atoms with Crippen LogP contribution in [0.15, 0.2) is 97.1 Å². The second-order valence-electron chi connectivity index (χ2n) is 8.82. The summed E-state index contributed by atoms with van der Waals surface area (Å²) in [4.78, 5) is 4.23. The Kier molecular flexibility index (Phi) is 6.02. The van der Waals surface area contributed by atoms with E-state index in [0.717, 1.165) is 39.3 Å². The van der Waals surface area contributed by atoms with Gasteiger partial charge in [0.1, 0.15) is 0 Å². The number of para-hydroxylation sites is 3. The predicted octanol–water partition coefficient (Wildman–Crippen LogP) is 7.63. The zero-order chi connectivity index (χ0) is 24.1. The Morgan fingerprint density at radius 2 is 1.65 bits per heavy atom. The molecule has 0 saturated carbocycles. The molecule has 0 N–H and O–H groups in total. The van der Waals surface area contributed by atoms with Crippen LogP contribution < -0.4 is 14.5 Å². The summed E-state index contributed by atoms with van der Waals surface area (Å²) in [5.74, 6) is 2.17. The van der Waals surface area contributed by atoms with Crippen LogP contribution in [0.2, 0.25) is 0 Å². The van der Waals surface area contributed by atoms with Crippen LogP contribution in [0.3, 0.4) is 0 Å². The number of nitrogens with zero attached hydrogens (tertiary/aromatic N) is 4. The van der Waals surface area contributed by atoms with Gasteiger partial charge in [0.15, 0.2) is 0 Å². The Morgan fingerprint density at radius 1 is 0.838 bits per heavy atom. The standard InChI is InChI=1S/C31H22N4O.Pt/c1-33-21-34(29-14-5-4-13-28(29)33)22-9-8-10-23(19-22)36-24-16-17-26-25-11-2-3-12-27(25)35(30(26)20-24)31-15-6-7-18-32-31;/h2-17,21H,18H2,1H3;/q-4;+4. The quantitative estimate of drug-likeness (QED) is 0.186. The molecule has 37 heavy (non-hydrogen) atoms. The SMILES string of the molecule is CN1[CH-]N(c2[c-]c(Oc3[c-]c4c(cc3)c3ccccc3n4C3=CC=CC[N-]3)ccc2)c2ccccc21.[Pt+4]. The predicted molar refractivity (Wildman–Crippen MR) is 147 cm³/mol. The van der Waals surface area contributed by atoms with Crippen molar-refractivity contribution >= 4 is 44.7 Å². The number of fused-ring (bicyclic) bond motifs is 4. The third-order valence-corrected chi connectivity index (χ3v) is 6.57. The van der Waals surface area contributed by atoms with Gasteiger partial charge < -0.3 is 24.4 Å². The summed E-state index contributed by atoms with van der Waals surface area (Å²) in [6, 6.07) is 33.7. The van der Waals surface area contributed by atoms with Gasteiger partial charge in [-0.3, -0.25) is 0 Å². The molecule has 3 heterocycles. The molecule has 1 aromatic heterocycles. The number of allylic oxidation sites excluding steroid dienone is 2. The third kappa shape index (κ3) is 4.00. The van der Waals surface area contributed by atoms with Crippen LogP contribution in [-0.2, 0) is 21.1 Å². The molecule has 0 amide bonds. The average molecular weight is 662 g/mol. The fourth-order valence-electron chi connectivity index (χ4n) is 4.94. The van der Waals surface area contributed by atoms with Crippen LogP contribution in [0.4, 0.5) is 17.1 Å². The molecule has 0 fully saturated rings. The molecule has 5 aromatic rings. The van der Waals surface area contributed by atoms with E-state index in [1.165, 1.54) is 5.39 Å². The van der Waals surface area contributed by atoms with Crippen molar-refractivity contribution in [2.75, 3.05) is 23.4 Å². The number of aromatic nitrogens is 1. The van der Waals surface area contributed by atoms with E-state index in [1.54, 1.807) is 0 Å². The third-order valence-electron chi connectivity index (χ3n) is 6.57. The molecule has 0 unspecified atom stereocenters. The van der Waals surface area contributed by atoms with Gasteiger partial charge in [0, 0.05) is 22.9 Å². The van der Waals surface area contributed by atoms with E-state index in [0.29, 0.717) is 18.0 Å². The van der Waals surface area contributed by atoms with Crippen LogP contribution >= 0.6 is 0 Å².